The van der Waals surface area contributed by atoms with Gasteiger partial charge in [-0.25, -0.2) is 0 Å². The van der Waals surface area contributed by atoms with Gasteiger partial charge in [0.2, 0.25) is 0 Å². The average Bonchev–Trinajstić information content (AvgIpc) is 3.05. The van der Waals surface area contributed by atoms with E-state index >= 15 is 0 Å². The van der Waals surface area contributed by atoms with Gasteiger partial charge in [-0.05, 0) is 59.1 Å². The standard InChI is InChI=1S/C21H15N3O3S/c25-20(18-7-3-4-8-19(18)24(26)27)23-21(28)22-15-9-10-17-14(12-15)11-13-5-1-2-6-16(13)17/h1-10,12H,11H2,(H2,22,23,25,28). The van der Waals surface area contributed by atoms with Gasteiger partial charge < -0.3 is 5.32 Å². The first-order valence-electron chi connectivity index (χ1n) is 8.60. The minimum absolute atomic E-state index is 0.0407. The molecule has 0 saturated heterocycles. The molecular formula is C21H15N3O3S. The van der Waals surface area contributed by atoms with Crippen LogP contribution in [-0.4, -0.2) is 15.9 Å². The van der Waals surface area contributed by atoms with Crippen molar-refractivity contribution < 1.29 is 9.72 Å². The Morgan fingerprint density at radius 1 is 0.964 bits per heavy atom. The molecule has 0 unspecified atom stereocenters. The van der Waals surface area contributed by atoms with E-state index in [-0.39, 0.29) is 16.4 Å². The minimum atomic E-state index is -0.627. The van der Waals surface area contributed by atoms with Crippen LogP contribution in [0.1, 0.15) is 21.5 Å². The highest BCUT2D eigenvalue weighted by atomic mass is 32.1. The molecule has 1 aliphatic rings. The lowest BCUT2D eigenvalue weighted by Crippen LogP contribution is -2.34. The Labute approximate surface area is 166 Å². The van der Waals surface area contributed by atoms with Crippen LogP contribution in [0.3, 0.4) is 0 Å². The highest BCUT2D eigenvalue weighted by Gasteiger charge is 2.21. The van der Waals surface area contributed by atoms with Crippen molar-refractivity contribution in [1.29, 1.82) is 0 Å². The van der Waals surface area contributed by atoms with E-state index in [0.717, 1.165) is 12.1 Å². The Morgan fingerprint density at radius 2 is 1.68 bits per heavy atom. The Balaban J connectivity index is 1.47. The first-order valence-corrected chi connectivity index (χ1v) is 9.01. The van der Waals surface area contributed by atoms with Gasteiger partial charge in [0, 0.05) is 11.8 Å². The molecule has 0 radical (unpaired) electrons. The normalized spacial score (nSPS) is 11.3. The van der Waals surface area contributed by atoms with Crippen molar-refractivity contribution in [2.45, 2.75) is 6.42 Å². The molecule has 4 rings (SSSR count). The maximum Gasteiger partial charge on any atom is 0.282 e. The molecule has 138 valence electrons. The topological polar surface area (TPSA) is 84.3 Å². The number of nitro groups is 1. The number of hydrogen-bond donors (Lipinski definition) is 2. The number of anilines is 1. The van der Waals surface area contributed by atoms with E-state index in [4.69, 9.17) is 12.2 Å². The van der Waals surface area contributed by atoms with Crippen LogP contribution >= 0.6 is 12.2 Å². The van der Waals surface area contributed by atoms with Crippen molar-refractivity contribution in [3.05, 3.63) is 93.5 Å². The van der Waals surface area contributed by atoms with Gasteiger partial charge in [-0.2, -0.15) is 0 Å². The van der Waals surface area contributed by atoms with E-state index in [0.29, 0.717) is 0 Å². The van der Waals surface area contributed by atoms with Crippen molar-refractivity contribution in [2.75, 3.05) is 5.32 Å². The smallest absolute Gasteiger partial charge is 0.282 e. The Hall–Kier alpha value is -3.58. The lowest BCUT2D eigenvalue weighted by molar-refractivity contribution is -0.385. The maximum absolute atomic E-state index is 12.4. The second-order valence-corrected chi connectivity index (χ2v) is 6.80. The highest BCUT2D eigenvalue weighted by molar-refractivity contribution is 7.80. The molecule has 0 spiro atoms. The van der Waals surface area contributed by atoms with Gasteiger partial charge in [-0.1, -0.05) is 42.5 Å². The number of benzene rings is 3. The molecule has 6 nitrogen and oxygen atoms in total. The van der Waals surface area contributed by atoms with E-state index in [2.05, 4.69) is 22.8 Å². The van der Waals surface area contributed by atoms with Crippen LogP contribution in [0.15, 0.2) is 66.7 Å². The molecule has 1 aliphatic carbocycles. The molecule has 0 fully saturated rings. The first-order chi connectivity index (χ1) is 13.5. The molecule has 7 heteroatoms. The third kappa shape index (κ3) is 3.35. The Morgan fingerprint density at radius 3 is 2.50 bits per heavy atom. The highest BCUT2D eigenvalue weighted by Crippen LogP contribution is 2.37. The van der Waals surface area contributed by atoms with Crippen LogP contribution in [0.2, 0.25) is 0 Å². The summed E-state index contributed by atoms with van der Waals surface area (Å²) in [5.41, 5.74) is 5.33. The van der Waals surface area contributed by atoms with Gasteiger partial charge in [0.15, 0.2) is 5.11 Å². The lowest BCUT2D eigenvalue weighted by atomic mass is 10.1. The fourth-order valence-electron chi connectivity index (χ4n) is 3.38. The van der Waals surface area contributed by atoms with Crippen LogP contribution in [0.5, 0.6) is 0 Å². The number of fused-ring (bicyclic) bond motifs is 3. The Kier molecular flexibility index (Phi) is 4.58. The number of para-hydroxylation sites is 1. The summed E-state index contributed by atoms with van der Waals surface area (Å²) in [7, 11) is 0. The van der Waals surface area contributed by atoms with E-state index in [9.17, 15) is 14.9 Å². The molecule has 0 aliphatic heterocycles. The van der Waals surface area contributed by atoms with Gasteiger partial charge >= 0.3 is 0 Å². The number of rotatable bonds is 3. The van der Waals surface area contributed by atoms with Crippen molar-refractivity contribution in [2.24, 2.45) is 0 Å². The third-order valence-electron chi connectivity index (χ3n) is 4.62. The second kappa shape index (κ2) is 7.21. The average molecular weight is 389 g/mol. The summed E-state index contributed by atoms with van der Waals surface area (Å²) < 4.78 is 0. The number of nitrogens with one attached hydrogen (secondary N) is 2. The maximum atomic E-state index is 12.4. The molecule has 0 bridgehead atoms. The molecule has 2 N–H and O–H groups in total. The lowest BCUT2D eigenvalue weighted by Gasteiger charge is -2.11. The van der Waals surface area contributed by atoms with Crippen molar-refractivity contribution >= 4 is 34.6 Å². The van der Waals surface area contributed by atoms with Gasteiger partial charge in [-0.15, -0.1) is 0 Å². The fourth-order valence-corrected chi connectivity index (χ4v) is 3.59. The molecule has 1 amide bonds. The zero-order valence-corrected chi connectivity index (χ0v) is 15.5. The monoisotopic (exact) mass is 389 g/mol. The molecule has 0 saturated carbocycles. The molecule has 0 atom stereocenters. The molecular weight excluding hydrogens is 374 g/mol. The minimum Gasteiger partial charge on any atom is -0.332 e. The number of amides is 1. The summed E-state index contributed by atoms with van der Waals surface area (Å²) >= 11 is 5.21. The van der Waals surface area contributed by atoms with Crippen LogP contribution in [0.25, 0.3) is 11.1 Å². The fraction of sp³-hybridized carbons (Fsp3) is 0.0476. The summed E-state index contributed by atoms with van der Waals surface area (Å²) in [6.07, 6.45) is 0.844. The SMILES string of the molecule is O=C(NC(=S)Nc1ccc2c(c1)Cc1ccccc1-2)c1ccccc1[N+](=O)[O-]. The number of thiocarbonyl (C=S) groups is 1. The van der Waals surface area contributed by atoms with Gasteiger partial charge in [0.05, 0.1) is 4.92 Å². The van der Waals surface area contributed by atoms with Crippen LogP contribution in [0.4, 0.5) is 11.4 Å². The second-order valence-electron chi connectivity index (χ2n) is 6.39. The zero-order valence-electron chi connectivity index (χ0n) is 14.6. The number of nitro benzene ring substituents is 1. The van der Waals surface area contributed by atoms with Crippen molar-refractivity contribution in [1.82, 2.24) is 5.32 Å². The van der Waals surface area contributed by atoms with E-state index in [1.807, 2.05) is 30.3 Å². The summed E-state index contributed by atoms with van der Waals surface area (Å²) in [6.45, 7) is 0. The van der Waals surface area contributed by atoms with E-state index in [1.54, 1.807) is 6.07 Å². The van der Waals surface area contributed by atoms with Crippen molar-refractivity contribution in [3.63, 3.8) is 0 Å². The quantitative estimate of drug-likeness (QED) is 0.310. The van der Waals surface area contributed by atoms with E-state index in [1.165, 1.54) is 40.5 Å². The van der Waals surface area contributed by atoms with Gasteiger partial charge in [-0.3, -0.25) is 20.2 Å². The zero-order chi connectivity index (χ0) is 19.7. The summed E-state index contributed by atoms with van der Waals surface area (Å²) in [5.74, 6) is -0.627. The number of carbonyl (C=O) groups is 1. The van der Waals surface area contributed by atoms with Crippen LogP contribution in [-0.2, 0) is 6.42 Å². The molecule has 3 aromatic rings. The van der Waals surface area contributed by atoms with Crippen LogP contribution in [0, 0.1) is 10.1 Å². The summed E-state index contributed by atoms with van der Waals surface area (Å²) in [5, 5.41) is 16.6. The molecule has 0 aromatic heterocycles. The van der Waals surface area contributed by atoms with Crippen LogP contribution < -0.4 is 10.6 Å². The van der Waals surface area contributed by atoms with Gasteiger partial charge in [0.25, 0.3) is 11.6 Å². The first kappa shape index (κ1) is 17.8. The summed E-state index contributed by atoms with van der Waals surface area (Å²) in [4.78, 5) is 22.9. The van der Waals surface area contributed by atoms with Gasteiger partial charge in [0.1, 0.15) is 5.56 Å². The summed E-state index contributed by atoms with van der Waals surface area (Å²) in [6, 6.07) is 19.9. The Bertz CT molecular complexity index is 1130. The molecule has 0 heterocycles. The molecule has 3 aromatic carbocycles. The number of hydrogen-bond acceptors (Lipinski definition) is 4. The number of carbonyl (C=O) groups excluding carboxylic acids is 1. The predicted molar refractivity (Wildman–Crippen MR) is 111 cm³/mol. The molecule has 28 heavy (non-hydrogen) atoms. The number of nitrogens with zero attached hydrogens (tertiary/aromatic N) is 1. The predicted octanol–water partition coefficient (Wildman–Crippen LogP) is 4.29. The van der Waals surface area contributed by atoms with Crippen molar-refractivity contribution in [3.8, 4) is 11.1 Å². The third-order valence-corrected chi connectivity index (χ3v) is 4.83. The largest absolute Gasteiger partial charge is 0.332 e. The van der Waals surface area contributed by atoms with E-state index < -0.39 is 10.8 Å².